The molecule has 4 aliphatic carbocycles. The summed E-state index contributed by atoms with van der Waals surface area (Å²) in [4.78, 5) is 0. The second-order valence-corrected chi connectivity index (χ2v) is 13.8. The first kappa shape index (κ1) is 27.3. The van der Waals surface area contributed by atoms with Gasteiger partial charge < -0.3 is 35.9 Å². The number of nitrogen functional groups attached to an aromatic ring is 2. The van der Waals surface area contributed by atoms with Gasteiger partial charge >= 0.3 is 0 Å². The molecule has 4 aromatic rings. The number of rotatable bonds is 7. The quantitative estimate of drug-likeness (QED) is 0.128. The molecule has 4 bridgehead atoms. The number of nitrogens with two attached hydrogens (primary N) is 2. The second-order valence-electron chi connectivity index (χ2n) is 13.8. The standard InChI is InChI=1S/C36H38N2O5/c1-34-16-22-17-35(2,19-34)21-36(18-22,20-34)28-13-25(9-12-33(28)43-27-8-11-30(38)32(40)15-27)41-23-3-5-24(6-4-23)42-26-7-10-29(37)31(39)14-26/h3-15,22,39-40H,16-21,37-38H2,1-2H3. The molecule has 43 heavy (non-hydrogen) atoms. The summed E-state index contributed by atoms with van der Waals surface area (Å²) in [7, 11) is 0. The van der Waals surface area contributed by atoms with Gasteiger partial charge in [0.25, 0.3) is 0 Å². The number of phenolic OH excluding ortho intramolecular Hbond substituents is 2. The van der Waals surface area contributed by atoms with Crippen molar-refractivity contribution in [2.75, 3.05) is 11.5 Å². The molecular formula is C36H38N2O5. The van der Waals surface area contributed by atoms with E-state index in [4.69, 9.17) is 25.7 Å². The van der Waals surface area contributed by atoms with Gasteiger partial charge in [0, 0.05) is 23.1 Å². The van der Waals surface area contributed by atoms with Crippen molar-refractivity contribution in [1.82, 2.24) is 0 Å². The average molecular weight is 579 g/mol. The molecule has 2 unspecified atom stereocenters. The molecule has 0 aliphatic heterocycles. The molecule has 222 valence electrons. The van der Waals surface area contributed by atoms with E-state index in [1.165, 1.54) is 30.9 Å². The van der Waals surface area contributed by atoms with E-state index in [1.807, 2.05) is 36.4 Å². The topological polar surface area (TPSA) is 120 Å². The van der Waals surface area contributed by atoms with E-state index >= 15 is 0 Å². The molecule has 8 rings (SSSR count). The SMILES string of the molecule is CC12CC3CC(C)(C1)CC(c1cc(Oc4ccc(Oc5ccc(N)c(O)c5)cc4)ccc1Oc1ccc(N)c(O)c1)(C3)C2. The van der Waals surface area contributed by atoms with Crippen LogP contribution in [0.1, 0.15) is 57.9 Å². The van der Waals surface area contributed by atoms with Crippen LogP contribution in [0.4, 0.5) is 11.4 Å². The molecule has 4 aromatic carbocycles. The molecule has 0 saturated heterocycles. The lowest BCUT2D eigenvalue weighted by Gasteiger charge is -2.65. The Balaban J connectivity index is 1.20. The van der Waals surface area contributed by atoms with Crippen LogP contribution in [0.15, 0.2) is 78.9 Å². The van der Waals surface area contributed by atoms with Crippen LogP contribution in [0.25, 0.3) is 0 Å². The minimum Gasteiger partial charge on any atom is -0.506 e. The molecular weight excluding hydrogens is 540 g/mol. The summed E-state index contributed by atoms with van der Waals surface area (Å²) in [6.45, 7) is 4.94. The first-order valence-corrected chi connectivity index (χ1v) is 14.9. The smallest absolute Gasteiger partial charge is 0.142 e. The van der Waals surface area contributed by atoms with E-state index in [9.17, 15) is 10.2 Å². The number of hydrogen-bond acceptors (Lipinski definition) is 7. The number of ether oxygens (including phenoxy) is 3. The number of hydrogen-bond donors (Lipinski definition) is 4. The Morgan fingerprint density at radius 1 is 0.581 bits per heavy atom. The van der Waals surface area contributed by atoms with Crippen molar-refractivity contribution in [3.05, 3.63) is 84.4 Å². The van der Waals surface area contributed by atoms with Crippen LogP contribution in [-0.4, -0.2) is 10.2 Å². The summed E-state index contributed by atoms with van der Waals surface area (Å²) in [6, 6.07) is 23.3. The zero-order valence-electron chi connectivity index (χ0n) is 24.6. The summed E-state index contributed by atoms with van der Waals surface area (Å²) in [5.74, 6) is 4.57. The molecule has 7 nitrogen and oxygen atoms in total. The van der Waals surface area contributed by atoms with Gasteiger partial charge in [-0.15, -0.1) is 0 Å². The first-order valence-electron chi connectivity index (χ1n) is 14.9. The molecule has 0 spiro atoms. The Morgan fingerprint density at radius 3 is 1.56 bits per heavy atom. The van der Waals surface area contributed by atoms with E-state index in [-0.39, 0.29) is 16.9 Å². The van der Waals surface area contributed by atoms with Crippen molar-refractivity contribution in [3.8, 4) is 46.0 Å². The van der Waals surface area contributed by atoms with Crippen molar-refractivity contribution < 1.29 is 24.4 Å². The number of anilines is 2. The highest BCUT2D eigenvalue weighted by Crippen LogP contribution is 2.70. The Kier molecular flexibility index (Phi) is 6.20. The lowest BCUT2D eigenvalue weighted by atomic mass is 9.39. The molecule has 7 heteroatoms. The van der Waals surface area contributed by atoms with Crippen molar-refractivity contribution in [3.63, 3.8) is 0 Å². The third-order valence-corrected chi connectivity index (χ3v) is 9.68. The van der Waals surface area contributed by atoms with Crippen LogP contribution >= 0.6 is 0 Å². The molecule has 0 heterocycles. The van der Waals surface area contributed by atoms with Crippen LogP contribution in [0.3, 0.4) is 0 Å². The molecule has 0 radical (unpaired) electrons. The monoisotopic (exact) mass is 578 g/mol. The molecule has 6 N–H and O–H groups in total. The number of phenols is 2. The maximum absolute atomic E-state index is 10.2. The number of aromatic hydroxyl groups is 2. The second kappa shape index (κ2) is 9.76. The summed E-state index contributed by atoms with van der Waals surface area (Å²) in [6.07, 6.45) is 7.29. The average Bonchev–Trinajstić information content (AvgIpc) is 2.93. The highest BCUT2D eigenvalue weighted by atomic mass is 16.5. The maximum atomic E-state index is 10.2. The van der Waals surface area contributed by atoms with E-state index in [1.54, 1.807) is 30.3 Å². The minimum absolute atomic E-state index is 0.00416. The zero-order chi connectivity index (χ0) is 30.0. The summed E-state index contributed by atoms with van der Waals surface area (Å²) >= 11 is 0. The Bertz CT molecular complexity index is 1680. The van der Waals surface area contributed by atoms with Crippen molar-refractivity contribution in [1.29, 1.82) is 0 Å². The van der Waals surface area contributed by atoms with Gasteiger partial charge in [0.1, 0.15) is 46.0 Å². The zero-order valence-corrected chi connectivity index (χ0v) is 24.6. The van der Waals surface area contributed by atoms with Crippen molar-refractivity contribution in [2.24, 2.45) is 16.7 Å². The van der Waals surface area contributed by atoms with Gasteiger partial charge in [0.2, 0.25) is 0 Å². The van der Waals surface area contributed by atoms with Crippen LogP contribution < -0.4 is 25.7 Å². The fourth-order valence-electron chi connectivity index (χ4n) is 8.97. The van der Waals surface area contributed by atoms with Gasteiger partial charge in [0.15, 0.2) is 0 Å². The van der Waals surface area contributed by atoms with Gasteiger partial charge in [-0.3, -0.25) is 0 Å². The van der Waals surface area contributed by atoms with Crippen molar-refractivity contribution >= 4 is 11.4 Å². The Morgan fingerprint density at radius 2 is 1.05 bits per heavy atom. The third-order valence-electron chi connectivity index (χ3n) is 9.68. The molecule has 2 atom stereocenters. The molecule has 0 aromatic heterocycles. The maximum Gasteiger partial charge on any atom is 0.142 e. The highest BCUT2D eigenvalue weighted by molar-refractivity contribution is 5.57. The van der Waals surface area contributed by atoms with Crippen LogP contribution in [0.2, 0.25) is 0 Å². The van der Waals surface area contributed by atoms with Gasteiger partial charge in [-0.2, -0.15) is 0 Å². The van der Waals surface area contributed by atoms with Gasteiger partial charge in [-0.1, -0.05) is 13.8 Å². The summed E-state index contributed by atoms with van der Waals surface area (Å²) in [5.41, 5.74) is 14.0. The Hall–Kier alpha value is -4.52. The van der Waals surface area contributed by atoms with E-state index in [0.717, 1.165) is 30.8 Å². The molecule has 4 aliphatic rings. The summed E-state index contributed by atoms with van der Waals surface area (Å²) in [5, 5.41) is 20.1. The number of benzene rings is 4. The lowest BCUT2D eigenvalue weighted by Crippen LogP contribution is -2.56. The van der Waals surface area contributed by atoms with Crippen LogP contribution in [0, 0.1) is 16.7 Å². The van der Waals surface area contributed by atoms with Gasteiger partial charge in [-0.05, 0) is 122 Å². The van der Waals surface area contributed by atoms with E-state index < -0.39 is 0 Å². The fourth-order valence-corrected chi connectivity index (χ4v) is 8.97. The predicted molar refractivity (Wildman–Crippen MR) is 167 cm³/mol. The first-order chi connectivity index (χ1) is 20.5. The van der Waals surface area contributed by atoms with E-state index in [0.29, 0.717) is 51.1 Å². The van der Waals surface area contributed by atoms with Gasteiger partial charge in [-0.25, -0.2) is 0 Å². The van der Waals surface area contributed by atoms with E-state index in [2.05, 4.69) is 19.9 Å². The fraction of sp³-hybridized carbons (Fsp3) is 0.333. The normalized spacial score (nSPS) is 27.2. The molecule has 4 saturated carbocycles. The third kappa shape index (κ3) is 5.18. The Labute approximate surface area is 252 Å². The van der Waals surface area contributed by atoms with Crippen LogP contribution in [0.5, 0.6) is 46.0 Å². The molecule has 4 fully saturated rings. The van der Waals surface area contributed by atoms with Crippen LogP contribution in [-0.2, 0) is 5.41 Å². The lowest BCUT2D eigenvalue weighted by molar-refractivity contribution is -0.110. The largest absolute Gasteiger partial charge is 0.506 e. The van der Waals surface area contributed by atoms with Gasteiger partial charge in [0.05, 0.1) is 11.4 Å². The minimum atomic E-state index is -0.0177. The summed E-state index contributed by atoms with van der Waals surface area (Å²) < 4.78 is 18.7. The predicted octanol–water partition coefficient (Wildman–Crippen LogP) is 8.89. The highest BCUT2D eigenvalue weighted by Gasteiger charge is 2.61. The molecule has 0 amide bonds. The van der Waals surface area contributed by atoms with Crippen molar-refractivity contribution in [2.45, 2.75) is 57.8 Å².